The van der Waals surface area contributed by atoms with Crippen molar-refractivity contribution in [3.8, 4) is 11.5 Å². The molecule has 0 unspecified atom stereocenters. The van der Waals surface area contributed by atoms with Crippen LogP contribution in [0.3, 0.4) is 0 Å². The number of ether oxygens (including phenoxy) is 3. The molecule has 0 atom stereocenters. The fourth-order valence-corrected chi connectivity index (χ4v) is 5.61. The molecule has 9 nitrogen and oxygen atoms in total. The highest BCUT2D eigenvalue weighted by atomic mass is 79.9. The van der Waals surface area contributed by atoms with Crippen molar-refractivity contribution in [2.45, 2.75) is 6.92 Å². The Hall–Kier alpha value is -2.45. The summed E-state index contributed by atoms with van der Waals surface area (Å²) in [7, 11) is 0. The van der Waals surface area contributed by atoms with E-state index in [1.54, 1.807) is 47.4 Å². The van der Waals surface area contributed by atoms with Crippen LogP contribution in [0.1, 0.15) is 22.8 Å². The molecule has 4 rings (SSSR count). The van der Waals surface area contributed by atoms with Crippen molar-refractivity contribution in [2.24, 2.45) is 0 Å². The number of thioether (sulfide) groups is 1. The third kappa shape index (κ3) is 6.94. The summed E-state index contributed by atoms with van der Waals surface area (Å²) in [4.78, 5) is 40.2. The molecule has 2 aliphatic heterocycles. The van der Waals surface area contributed by atoms with Crippen LogP contribution in [0.15, 0.2) is 50.2 Å². The van der Waals surface area contributed by atoms with E-state index in [2.05, 4.69) is 37.3 Å². The number of morpholine rings is 1. The topological polar surface area (TPSA) is 97.4 Å². The van der Waals surface area contributed by atoms with Gasteiger partial charge in [-0.3, -0.25) is 19.8 Å². The molecular weight excluding hydrogens is 662 g/mol. The molecule has 200 valence electrons. The van der Waals surface area contributed by atoms with E-state index < -0.39 is 11.8 Å². The number of carbonyl (C=O) groups excluding carboxylic acids is 3. The van der Waals surface area contributed by atoms with Gasteiger partial charge in [0, 0.05) is 23.1 Å². The van der Waals surface area contributed by atoms with E-state index in [4.69, 9.17) is 26.4 Å². The Bertz CT molecular complexity index is 1280. The molecule has 38 heavy (non-hydrogen) atoms. The predicted octanol–water partition coefficient (Wildman–Crippen LogP) is 4.39. The Labute approximate surface area is 246 Å². The maximum Gasteiger partial charge on any atom is 0.285 e. The van der Waals surface area contributed by atoms with Crippen LogP contribution in [-0.2, 0) is 14.3 Å². The maximum atomic E-state index is 13.0. The van der Waals surface area contributed by atoms with Crippen LogP contribution in [0.2, 0.25) is 0 Å². The standard InChI is InChI=1S/C25H23Br2N3O6S2/c1-2-35-19-12-15(11-18(27)22(19)36-14-21(31)29-7-9-34-10-8-29)13-20-24(33)30(25(37)38-20)28-23(32)16-3-5-17(26)6-4-16/h3-6,11-13H,2,7-10,14H2,1H3,(H,28,32)/b20-13+. The summed E-state index contributed by atoms with van der Waals surface area (Å²) in [6.45, 7) is 4.14. The van der Waals surface area contributed by atoms with Gasteiger partial charge in [0.05, 0.1) is 29.2 Å². The first-order chi connectivity index (χ1) is 18.3. The number of amides is 3. The number of hydrazine groups is 1. The minimum atomic E-state index is -0.454. The van der Waals surface area contributed by atoms with Gasteiger partial charge < -0.3 is 19.1 Å². The van der Waals surface area contributed by atoms with E-state index in [1.807, 2.05) is 6.92 Å². The Morgan fingerprint density at radius 1 is 1.16 bits per heavy atom. The number of hydrogen-bond acceptors (Lipinski definition) is 8. The van der Waals surface area contributed by atoms with E-state index in [1.165, 1.54) is 0 Å². The normalized spacial score (nSPS) is 16.7. The smallest absolute Gasteiger partial charge is 0.285 e. The van der Waals surface area contributed by atoms with Gasteiger partial charge in [0.25, 0.3) is 17.7 Å². The SMILES string of the molecule is CCOc1cc(/C=C2/SC(=S)N(NC(=O)c3ccc(Br)cc3)C2=O)cc(Br)c1OCC(=O)N1CCOCC1. The molecule has 2 saturated heterocycles. The van der Waals surface area contributed by atoms with Crippen LogP contribution in [0.4, 0.5) is 0 Å². The maximum absolute atomic E-state index is 13.0. The Balaban J connectivity index is 1.48. The molecule has 3 amide bonds. The highest BCUT2D eigenvalue weighted by Gasteiger charge is 2.34. The zero-order valence-electron chi connectivity index (χ0n) is 20.2. The molecule has 0 aliphatic carbocycles. The fourth-order valence-electron chi connectivity index (χ4n) is 3.60. The Kier molecular flexibility index (Phi) is 9.82. The summed E-state index contributed by atoms with van der Waals surface area (Å²) in [6, 6.07) is 10.2. The second kappa shape index (κ2) is 13.1. The van der Waals surface area contributed by atoms with E-state index in [0.29, 0.717) is 64.9 Å². The quantitative estimate of drug-likeness (QED) is 0.323. The van der Waals surface area contributed by atoms with Gasteiger partial charge in [0.1, 0.15) is 0 Å². The zero-order valence-corrected chi connectivity index (χ0v) is 25.0. The summed E-state index contributed by atoms with van der Waals surface area (Å²) in [5.41, 5.74) is 3.60. The molecule has 0 radical (unpaired) electrons. The molecule has 0 bridgehead atoms. The highest BCUT2D eigenvalue weighted by molar-refractivity contribution is 9.10. The summed E-state index contributed by atoms with van der Waals surface area (Å²) in [6.07, 6.45) is 1.65. The lowest BCUT2D eigenvalue weighted by molar-refractivity contribution is -0.137. The van der Waals surface area contributed by atoms with Crippen LogP contribution < -0.4 is 14.9 Å². The van der Waals surface area contributed by atoms with Crippen LogP contribution in [-0.4, -0.2) is 71.5 Å². The van der Waals surface area contributed by atoms with Crippen molar-refractivity contribution in [3.63, 3.8) is 0 Å². The Morgan fingerprint density at radius 2 is 1.87 bits per heavy atom. The zero-order chi connectivity index (χ0) is 27.2. The number of nitrogens with one attached hydrogen (secondary N) is 1. The van der Waals surface area contributed by atoms with Gasteiger partial charge in [-0.15, -0.1) is 0 Å². The van der Waals surface area contributed by atoms with E-state index in [0.717, 1.165) is 21.2 Å². The van der Waals surface area contributed by atoms with Crippen LogP contribution in [0.5, 0.6) is 11.5 Å². The van der Waals surface area contributed by atoms with Gasteiger partial charge in [-0.1, -0.05) is 27.7 Å². The van der Waals surface area contributed by atoms with Gasteiger partial charge in [0.15, 0.2) is 22.4 Å². The molecule has 0 saturated carbocycles. The number of carbonyl (C=O) groups is 3. The minimum Gasteiger partial charge on any atom is -0.490 e. The first-order valence-corrected chi connectivity index (χ1v) is 14.4. The summed E-state index contributed by atoms with van der Waals surface area (Å²) >= 11 is 13.2. The monoisotopic (exact) mass is 683 g/mol. The van der Waals surface area contributed by atoms with Crippen LogP contribution in [0.25, 0.3) is 6.08 Å². The van der Waals surface area contributed by atoms with Gasteiger partial charge in [0.2, 0.25) is 0 Å². The number of rotatable bonds is 8. The molecular formula is C25H23Br2N3O6S2. The molecule has 2 aliphatic rings. The fraction of sp³-hybridized carbons (Fsp3) is 0.280. The average Bonchev–Trinajstić information content (AvgIpc) is 3.16. The summed E-state index contributed by atoms with van der Waals surface area (Å²) in [5.74, 6) is -0.233. The molecule has 0 aromatic heterocycles. The molecule has 2 aromatic carbocycles. The van der Waals surface area contributed by atoms with Gasteiger partial charge in [-0.25, -0.2) is 0 Å². The van der Waals surface area contributed by atoms with Crippen LogP contribution >= 0.6 is 55.8 Å². The first kappa shape index (κ1) is 28.6. The second-order valence-electron chi connectivity index (χ2n) is 8.01. The van der Waals surface area contributed by atoms with Crippen molar-refractivity contribution in [2.75, 3.05) is 39.5 Å². The molecule has 13 heteroatoms. The van der Waals surface area contributed by atoms with Crippen molar-refractivity contribution < 1.29 is 28.6 Å². The minimum absolute atomic E-state index is 0.138. The molecule has 2 heterocycles. The van der Waals surface area contributed by atoms with Crippen molar-refractivity contribution >= 4 is 84.0 Å². The summed E-state index contributed by atoms with van der Waals surface area (Å²) in [5, 5.41) is 1.06. The average molecular weight is 685 g/mol. The number of hydrogen-bond donors (Lipinski definition) is 1. The third-order valence-corrected chi connectivity index (χ3v) is 7.87. The number of benzene rings is 2. The van der Waals surface area contributed by atoms with Gasteiger partial charge in [-0.2, -0.15) is 5.01 Å². The van der Waals surface area contributed by atoms with Crippen molar-refractivity contribution in [3.05, 3.63) is 61.4 Å². The third-order valence-electron chi connectivity index (χ3n) is 5.45. The molecule has 1 N–H and O–H groups in total. The second-order valence-corrected chi connectivity index (χ2v) is 11.5. The molecule has 0 spiro atoms. The number of nitrogens with zero attached hydrogens (tertiary/aromatic N) is 2. The predicted molar refractivity (Wildman–Crippen MR) is 155 cm³/mol. The lowest BCUT2D eigenvalue weighted by Crippen LogP contribution is -2.44. The van der Waals surface area contributed by atoms with E-state index >= 15 is 0 Å². The highest BCUT2D eigenvalue weighted by Crippen LogP contribution is 2.39. The van der Waals surface area contributed by atoms with Gasteiger partial charge in [-0.05, 0) is 83.1 Å². The Morgan fingerprint density at radius 3 is 2.55 bits per heavy atom. The van der Waals surface area contributed by atoms with E-state index in [-0.39, 0.29) is 16.8 Å². The number of halogens is 2. The number of thiocarbonyl (C=S) groups is 1. The van der Waals surface area contributed by atoms with Crippen LogP contribution in [0, 0.1) is 0 Å². The van der Waals surface area contributed by atoms with E-state index in [9.17, 15) is 14.4 Å². The van der Waals surface area contributed by atoms with Crippen molar-refractivity contribution in [1.82, 2.24) is 15.3 Å². The lowest BCUT2D eigenvalue weighted by Gasteiger charge is -2.27. The molecule has 2 aromatic rings. The first-order valence-electron chi connectivity index (χ1n) is 11.6. The lowest BCUT2D eigenvalue weighted by atomic mass is 10.2. The molecule has 2 fully saturated rings. The summed E-state index contributed by atoms with van der Waals surface area (Å²) < 4.78 is 18.5. The largest absolute Gasteiger partial charge is 0.490 e. The van der Waals surface area contributed by atoms with Gasteiger partial charge >= 0.3 is 0 Å². The van der Waals surface area contributed by atoms with Crippen molar-refractivity contribution in [1.29, 1.82) is 0 Å².